The molecule has 4 heteroatoms. The van der Waals surface area contributed by atoms with E-state index >= 15 is 0 Å². The average molecular weight is 387 g/mol. The Kier molecular flexibility index (Phi) is 4.94. The molecule has 1 aliphatic rings. The fourth-order valence-corrected chi connectivity index (χ4v) is 3.03. The quantitative estimate of drug-likeness (QED) is 0.599. The fraction of sp³-hybridized carbons (Fsp3) is 0.562. The van der Waals surface area contributed by atoms with Crippen LogP contribution in [0.1, 0.15) is 56.3 Å². The summed E-state index contributed by atoms with van der Waals surface area (Å²) in [5.41, 5.74) is 3.51. The zero-order valence-corrected chi connectivity index (χ0v) is 14.5. The average Bonchev–Trinajstić information content (AvgIpc) is 2.36. The molecular weight excluding hydrogens is 365 g/mol. The molecule has 1 aromatic carbocycles. The zero-order valence-electron chi connectivity index (χ0n) is 12.3. The van der Waals surface area contributed by atoms with Crippen molar-refractivity contribution in [2.75, 3.05) is 0 Å². The maximum atomic E-state index is 11.9. The van der Waals surface area contributed by atoms with Gasteiger partial charge in [-0.05, 0) is 56.7 Å². The minimum absolute atomic E-state index is 0.0804. The molecule has 20 heavy (non-hydrogen) atoms. The summed E-state index contributed by atoms with van der Waals surface area (Å²) in [5, 5.41) is 3.01. The molecule has 0 unspecified atom stereocenters. The van der Waals surface area contributed by atoms with E-state index < -0.39 is 5.60 Å². The maximum Gasteiger partial charge on any atom is 0.408 e. The number of fused-ring (bicyclic) bond motifs is 1. The van der Waals surface area contributed by atoms with Gasteiger partial charge >= 0.3 is 6.09 Å². The lowest BCUT2D eigenvalue weighted by Gasteiger charge is -2.28. The van der Waals surface area contributed by atoms with Gasteiger partial charge in [0.2, 0.25) is 0 Å². The number of aryl methyl sites for hydroxylation is 1. The normalized spacial score (nSPS) is 18.3. The van der Waals surface area contributed by atoms with Crippen LogP contribution in [0.3, 0.4) is 0 Å². The first-order valence-corrected chi connectivity index (χ1v) is 8.59. The van der Waals surface area contributed by atoms with E-state index in [1.807, 2.05) is 20.8 Å². The van der Waals surface area contributed by atoms with Gasteiger partial charge < -0.3 is 10.1 Å². The lowest BCUT2D eigenvalue weighted by atomic mass is 9.87. The van der Waals surface area contributed by atoms with Crippen molar-refractivity contribution in [3.63, 3.8) is 0 Å². The van der Waals surface area contributed by atoms with Gasteiger partial charge in [-0.15, -0.1) is 0 Å². The number of nitrogens with one attached hydrogen (secondary N) is 1. The summed E-state index contributed by atoms with van der Waals surface area (Å²) in [6.45, 7) is 5.65. The molecule has 0 saturated heterocycles. The van der Waals surface area contributed by atoms with Crippen LogP contribution in [0.15, 0.2) is 18.2 Å². The molecule has 1 aromatic rings. The molecule has 0 heterocycles. The Hall–Kier alpha value is -0.780. The number of amides is 1. The van der Waals surface area contributed by atoms with Crippen molar-refractivity contribution >= 4 is 28.7 Å². The summed E-state index contributed by atoms with van der Waals surface area (Å²) in [4.78, 5) is 11.9. The number of carbonyl (C=O) groups excluding carboxylic acids is 1. The van der Waals surface area contributed by atoms with Crippen molar-refractivity contribution in [3.05, 3.63) is 34.9 Å². The number of alkyl halides is 1. The Balaban J connectivity index is 2.10. The van der Waals surface area contributed by atoms with Gasteiger partial charge in [-0.25, -0.2) is 4.79 Å². The van der Waals surface area contributed by atoms with Crippen LogP contribution in [0, 0.1) is 0 Å². The van der Waals surface area contributed by atoms with Gasteiger partial charge in [-0.3, -0.25) is 0 Å². The number of rotatable bonds is 2. The van der Waals surface area contributed by atoms with Gasteiger partial charge in [0.25, 0.3) is 0 Å². The Morgan fingerprint density at radius 3 is 2.85 bits per heavy atom. The Morgan fingerprint density at radius 1 is 1.45 bits per heavy atom. The molecule has 0 spiro atoms. The minimum Gasteiger partial charge on any atom is -0.444 e. The molecule has 1 amide bonds. The van der Waals surface area contributed by atoms with E-state index in [2.05, 4.69) is 46.1 Å². The summed E-state index contributed by atoms with van der Waals surface area (Å²) in [6, 6.07) is 6.66. The monoisotopic (exact) mass is 387 g/mol. The largest absolute Gasteiger partial charge is 0.444 e. The summed E-state index contributed by atoms with van der Waals surface area (Å²) < 4.78 is 6.37. The third-order valence-corrected chi connectivity index (χ3v) is 4.25. The molecule has 2 rings (SSSR count). The molecule has 0 aromatic heterocycles. The van der Waals surface area contributed by atoms with Gasteiger partial charge in [0, 0.05) is 4.43 Å². The van der Waals surface area contributed by atoms with Crippen LogP contribution in [-0.4, -0.2) is 11.7 Å². The van der Waals surface area contributed by atoms with Crippen LogP contribution in [0.5, 0.6) is 0 Å². The van der Waals surface area contributed by atoms with Crippen LogP contribution in [-0.2, 0) is 15.6 Å². The molecule has 0 bridgehead atoms. The highest BCUT2D eigenvalue weighted by atomic mass is 127. The minimum atomic E-state index is -0.452. The number of alkyl carbamates (subject to hydrolysis) is 1. The number of benzene rings is 1. The fourth-order valence-electron chi connectivity index (χ4n) is 2.55. The summed E-state index contributed by atoms with van der Waals surface area (Å²) >= 11 is 2.38. The SMILES string of the molecule is CC(C)(C)OC(=O)N[C@@H]1CCCc2cc(CI)ccc21. The molecule has 0 fully saturated rings. The highest BCUT2D eigenvalue weighted by Gasteiger charge is 2.24. The van der Waals surface area contributed by atoms with Gasteiger partial charge in [0.05, 0.1) is 6.04 Å². The molecule has 1 atom stereocenters. The highest BCUT2D eigenvalue weighted by Crippen LogP contribution is 2.31. The lowest BCUT2D eigenvalue weighted by molar-refractivity contribution is 0.0498. The van der Waals surface area contributed by atoms with Crippen molar-refractivity contribution < 1.29 is 9.53 Å². The van der Waals surface area contributed by atoms with Crippen molar-refractivity contribution in [2.45, 2.75) is 56.1 Å². The molecular formula is C16H22INO2. The number of ether oxygens (including phenoxy) is 1. The predicted octanol–water partition coefficient (Wildman–Crippen LogP) is 4.52. The smallest absolute Gasteiger partial charge is 0.408 e. The molecule has 110 valence electrons. The van der Waals surface area contributed by atoms with Crippen molar-refractivity contribution in [1.82, 2.24) is 5.32 Å². The van der Waals surface area contributed by atoms with E-state index in [4.69, 9.17) is 4.74 Å². The summed E-state index contributed by atoms with van der Waals surface area (Å²) in [7, 11) is 0. The lowest BCUT2D eigenvalue weighted by Crippen LogP contribution is -2.36. The van der Waals surface area contributed by atoms with E-state index in [1.54, 1.807) is 0 Å². The Morgan fingerprint density at radius 2 is 2.20 bits per heavy atom. The first kappa shape index (κ1) is 15.6. The first-order chi connectivity index (χ1) is 9.39. The number of carbonyl (C=O) groups is 1. The van der Waals surface area contributed by atoms with E-state index in [1.165, 1.54) is 16.7 Å². The van der Waals surface area contributed by atoms with Crippen LogP contribution in [0.2, 0.25) is 0 Å². The second-order valence-corrected chi connectivity index (χ2v) is 7.02. The molecule has 0 saturated carbocycles. The number of hydrogen-bond donors (Lipinski definition) is 1. The van der Waals surface area contributed by atoms with Crippen LogP contribution >= 0.6 is 22.6 Å². The van der Waals surface area contributed by atoms with Crippen molar-refractivity contribution in [2.24, 2.45) is 0 Å². The molecule has 3 nitrogen and oxygen atoms in total. The Labute approximate surface area is 134 Å². The third kappa shape index (κ3) is 4.11. The predicted molar refractivity (Wildman–Crippen MR) is 89.2 cm³/mol. The number of halogens is 1. The molecule has 0 aliphatic heterocycles. The van der Waals surface area contributed by atoms with E-state index in [0.717, 1.165) is 23.7 Å². The van der Waals surface area contributed by atoms with E-state index in [9.17, 15) is 4.79 Å². The van der Waals surface area contributed by atoms with Gasteiger partial charge in [0.1, 0.15) is 5.60 Å². The molecule has 0 radical (unpaired) electrons. The van der Waals surface area contributed by atoms with E-state index in [-0.39, 0.29) is 12.1 Å². The van der Waals surface area contributed by atoms with Crippen molar-refractivity contribution in [1.29, 1.82) is 0 Å². The second-order valence-electron chi connectivity index (χ2n) is 6.26. The van der Waals surface area contributed by atoms with Crippen molar-refractivity contribution in [3.8, 4) is 0 Å². The third-order valence-electron chi connectivity index (χ3n) is 3.37. The van der Waals surface area contributed by atoms with Crippen LogP contribution in [0.25, 0.3) is 0 Å². The standard InChI is InChI=1S/C16H22INO2/c1-16(2,3)20-15(19)18-14-6-4-5-12-9-11(10-17)7-8-13(12)14/h7-9,14H,4-6,10H2,1-3H3,(H,18,19)/t14-/m1/s1. The Bertz CT molecular complexity index is 494. The topological polar surface area (TPSA) is 38.3 Å². The van der Waals surface area contributed by atoms with E-state index in [0.29, 0.717) is 0 Å². The summed E-state index contributed by atoms with van der Waals surface area (Å²) in [6.07, 6.45) is 2.87. The second kappa shape index (κ2) is 6.33. The molecule has 1 aliphatic carbocycles. The first-order valence-electron chi connectivity index (χ1n) is 7.06. The maximum absolute atomic E-state index is 11.9. The molecule has 1 N–H and O–H groups in total. The van der Waals surface area contributed by atoms with Gasteiger partial charge in [0.15, 0.2) is 0 Å². The zero-order chi connectivity index (χ0) is 14.8. The number of hydrogen-bond acceptors (Lipinski definition) is 2. The summed E-state index contributed by atoms with van der Waals surface area (Å²) in [5.74, 6) is 0. The van der Waals surface area contributed by atoms with Gasteiger partial charge in [-0.1, -0.05) is 40.8 Å². The van der Waals surface area contributed by atoms with Crippen LogP contribution < -0.4 is 5.32 Å². The van der Waals surface area contributed by atoms with Crippen LogP contribution in [0.4, 0.5) is 4.79 Å². The van der Waals surface area contributed by atoms with Gasteiger partial charge in [-0.2, -0.15) is 0 Å². The highest BCUT2D eigenvalue weighted by molar-refractivity contribution is 14.1.